The maximum atomic E-state index is 15.4. The number of hydrogen-bond acceptors (Lipinski definition) is 9. The molecule has 1 unspecified atom stereocenters. The first-order chi connectivity index (χ1) is 16.6. The van der Waals surface area contributed by atoms with E-state index >= 15 is 4.39 Å². The van der Waals surface area contributed by atoms with Gasteiger partial charge < -0.3 is 33.3 Å². The third-order valence-electron chi connectivity index (χ3n) is 6.05. The number of nitrogens with zero attached hydrogens (tertiary/aromatic N) is 3. The average molecular weight is 492 g/mol. The highest BCUT2D eigenvalue weighted by Crippen LogP contribution is 2.42. The smallest absolute Gasteiger partial charge is 0.487 e. The first kappa shape index (κ1) is 24.8. The second-order valence-electron chi connectivity index (χ2n) is 9.17. The third-order valence-corrected chi connectivity index (χ3v) is 6.05. The Morgan fingerprint density at radius 1 is 1.11 bits per heavy atom. The lowest BCUT2D eigenvalue weighted by atomic mass is 10.1. The van der Waals surface area contributed by atoms with Gasteiger partial charge in [0.25, 0.3) is 0 Å². The quantitative estimate of drug-likeness (QED) is 0.462. The zero-order valence-electron chi connectivity index (χ0n) is 20.5. The van der Waals surface area contributed by atoms with E-state index in [0.717, 1.165) is 19.2 Å². The minimum atomic E-state index is -1.29. The lowest BCUT2D eigenvalue weighted by molar-refractivity contribution is -0.0867. The van der Waals surface area contributed by atoms with E-state index in [1.165, 1.54) is 13.1 Å². The predicted molar refractivity (Wildman–Crippen MR) is 126 cm³/mol. The van der Waals surface area contributed by atoms with Gasteiger partial charge >= 0.3 is 12.1 Å². The Labute approximate surface area is 202 Å². The number of aromatic nitrogens is 1. The molecule has 2 aliphatic rings. The second-order valence-corrected chi connectivity index (χ2v) is 9.17. The van der Waals surface area contributed by atoms with Crippen LogP contribution in [-0.4, -0.2) is 73.8 Å². The summed E-state index contributed by atoms with van der Waals surface area (Å²) in [5.74, 6) is -1.28. The summed E-state index contributed by atoms with van der Waals surface area (Å²) in [5.41, 5.74) is -0.227. The van der Waals surface area contributed by atoms with Crippen LogP contribution < -0.4 is 15.1 Å². The summed E-state index contributed by atoms with van der Waals surface area (Å²) in [6, 6.07) is 0.932. The Balaban J connectivity index is 1.71. The third kappa shape index (κ3) is 4.90. The van der Waals surface area contributed by atoms with Crippen molar-refractivity contribution in [2.75, 3.05) is 44.7 Å². The van der Waals surface area contributed by atoms with E-state index in [-0.39, 0.29) is 23.6 Å². The monoisotopic (exact) mass is 491 g/mol. The minimum Gasteiger partial charge on any atom is -0.487 e. The number of esters is 1. The molecule has 1 saturated heterocycles. The van der Waals surface area contributed by atoms with Crippen LogP contribution >= 0.6 is 0 Å². The number of hydrogen-bond donors (Lipinski definition) is 0. The Bertz CT molecular complexity index is 1200. The van der Waals surface area contributed by atoms with Gasteiger partial charge in [-0.25, -0.2) is 14.0 Å². The number of likely N-dealkylation sites (N-methyl/N-ethyl adjacent to an activating group) is 1. The van der Waals surface area contributed by atoms with E-state index in [9.17, 15) is 14.4 Å². The molecule has 11 heteroatoms. The van der Waals surface area contributed by atoms with Crippen LogP contribution in [0.5, 0.6) is 5.75 Å². The highest BCUT2D eigenvalue weighted by Gasteiger charge is 2.31. The van der Waals surface area contributed by atoms with Crippen LogP contribution in [0, 0.1) is 5.82 Å². The van der Waals surface area contributed by atoms with Crippen molar-refractivity contribution in [2.24, 2.45) is 0 Å². The molecule has 0 saturated carbocycles. The number of benzene rings is 1. The van der Waals surface area contributed by atoms with Gasteiger partial charge in [-0.05, 0) is 33.9 Å². The summed E-state index contributed by atoms with van der Waals surface area (Å²) in [6.45, 7) is 9.52. The van der Waals surface area contributed by atoms with Gasteiger partial charge in [0.1, 0.15) is 17.9 Å². The Kier molecular flexibility index (Phi) is 6.88. The van der Waals surface area contributed by atoms with Gasteiger partial charge in [-0.15, -0.1) is 0 Å². The molecule has 2 aliphatic heterocycles. The molecule has 0 N–H and O–H groups in total. The van der Waals surface area contributed by atoms with Crippen molar-refractivity contribution in [3.8, 4) is 5.75 Å². The standard InChI is InChI=1S/C24H30FN3O7/c1-13(2)33-24(31)35-15(4)34-23(30)17-11-28-14(3)12-32-22-19(28)16(21(17)29)10-18(25)20(22)27-8-6-26(5)7-9-27/h10-11,13-15H,6-9,12H2,1-5H3/t14-,15?/m0/s1. The molecule has 2 atom stereocenters. The molecule has 1 fully saturated rings. The van der Waals surface area contributed by atoms with Crippen LogP contribution in [0.3, 0.4) is 0 Å². The number of halogens is 1. The average Bonchev–Trinajstić information content (AvgIpc) is 2.77. The molecule has 2 aromatic rings. The maximum absolute atomic E-state index is 15.4. The van der Waals surface area contributed by atoms with E-state index in [1.54, 1.807) is 18.4 Å². The van der Waals surface area contributed by atoms with Crippen molar-refractivity contribution < 1.29 is 32.9 Å². The van der Waals surface area contributed by atoms with Crippen molar-refractivity contribution in [3.63, 3.8) is 0 Å². The molecule has 4 rings (SSSR count). The highest BCUT2D eigenvalue weighted by atomic mass is 19.1. The van der Waals surface area contributed by atoms with Gasteiger partial charge in [-0.1, -0.05) is 0 Å². The minimum absolute atomic E-state index is 0.0177. The van der Waals surface area contributed by atoms with E-state index in [0.29, 0.717) is 30.0 Å². The van der Waals surface area contributed by atoms with E-state index in [1.807, 2.05) is 18.9 Å². The SMILES string of the molecule is CC(C)OC(=O)OC(C)OC(=O)c1cn2c3c(c(N4CCN(C)CC4)c(F)cc3c1=O)OC[C@@H]2C. The first-order valence-electron chi connectivity index (χ1n) is 11.6. The fourth-order valence-electron chi connectivity index (χ4n) is 4.28. The molecular weight excluding hydrogens is 461 g/mol. The summed E-state index contributed by atoms with van der Waals surface area (Å²) in [4.78, 5) is 41.8. The summed E-state index contributed by atoms with van der Waals surface area (Å²) >= 11 is 0. The molecule has 0 amide bonds. The van der Waals surface area contributed by atoms with Crippen molar-refractivity contribution >= 4 is 28.7 Å². The number of anilines is 1. The molecule has 35 heavy (non-hydrogen) atoms. The predicted octanol–water partition coefficient (Wildman–Crippen LogP) is 2.91. The topological polar surface area (TPSA) is 99.5 Å². The number of rotatable bonds is 5. The number of pyridine rings is 1. The lowest BCUT2D eigenvalue weighted by Crippen LogP contribution is -2.45. The number of carbonyl (C=O) groups excluding carboxylic acids is 2. The normalized spacial score (nSPS) is 18.8. The van der Waals surface area contributed by atoms with Gasteiger partial charge in [-0.3, -0.25) is 4.79 Å². The zero-order valence-corrected chi connectivity index (χ0v) is 20.5. The van der Waals surface area contributed by atoms with Gasteiger partial charge in [0.05, 0.1) is 23.0 Å². The Hall–Kier alpha value is -3.34. The number of ether oxygens (including phenoxy) is 4. The molecule has 0 radical (unpaired) electrons. The molecule has 1 aromatic heterocycles. The van der Waals surface area contributed by atoms with E-state index in [2.05, 4.69) is 4.90 Å². The lowest BCUT2D eigenvalue weighted by Gasteiger charge is -2.37. The summed E-state index contributed by atoms with van der Waals surface area (Å²) in [5, 5.41) is 0.0177. The van der Waals surface area contributed by atoms with Crippen LogP contribution in [0.25, 0.3) is 10.9 Å². The van der Waals surface area contributed by atoms with Crippen LogP contribution in [-0.2, 0) is 14.2 Å². The van der Waals surface area contributed by atoms with Crippen LogP contribution in [0.4, 0.5) is 14.9 Å². The molecular formula is C24H30FN3O7. The number of carbonyl (C=O) groups is 2. The van der Waals surface area contributed by atoms with Crippen LogP contribution in [0.15, 0.2) is 17.1 Å². The second kappa shape index (κ2) is 9.73. The summed E-state index contributed by atoms with van der Waals surface area (Å²) < 4.78 is 38.0. The maximum Gasteiger partial charge on any atom is 0.511 e. The summed E-state index contributed by atoms with van der Waals surface area (Å²) in [7, 11) is 2.01. The van der Waals surface area contributed by atoms with Crippen molar-refractivity contribution in [3.05, 3.63) is 33.9 Å². The molecule has 190 valence electrons. The van der Waals surface area contributed by atoms with Gasteiger partial charge in [0.2, 0.25) is 11.7 Å². The van der Waals surface area contributed by atoms with Gasteiger partial charge in [-0.2, -0.15) is 0 Å². The van der Waals surface area contributed by atoms with Gasteiger partial charge in [0, 0.05) is 39.3 Å². The molecule has 1 aromatic carbocycles. The largest absolute Gasteiger partial charge is 0.511 e. The first-order valence-corrected chi connectivity index (χ1v) is 11.6. The molecule has 0 spiro atoms. The fourth-order valence-corrected chi connectivity index (χ4v) is 4.28. The van der Waals surface area contributed by atoms with Crippen LogP contribution in [0.1, 0.15) is 44.1 Å². The molecule has 10 nitrogen and oxygen atoms in total. The Morgan fingerprint density at radius 3 is 2.46 bits per heavy atom. The summed E-state index contributed by atoms with van der Waals surface area (Å²) in [6.07, 6.45) is -1.31. The van der Waals surface area contributed by atoms with Gasteiger partial charge in [0.15, 0.2) is 11.6 Å². The number of piperazine rings is 1. The van der Waals surface area contributed by atoms with E-state index < -0.39 is 35.8 Å². The van der Waals surface area contributed by atoms with Crippen LogP contribution in [0.2, 0.25) is 0 Å². The van der Waals surface area contributed by atoms with Crippen molar-refractivity contribution in [2.45, 2.75) is 46.1 Å². The molecule has 0 bridgehead atoms. The zero-order chi connectivity index (χ0) is 25.4. The van der Waals surface area contributed by atoms with Crippen molar-refractivity contribution in [1.82, 2.24) is 9.47 Å². The van der Waals surface area contributed by atoms with Crippen molar-refractivity contribution in [1.29, 1.82) is 0 Å². The van der Waals surface area contributed by atoms with E-state index in [4.69, 9.17) is 18.9 Å². The molecule has 3 heterocycles. The Morgan fingerprint density at radius 2 is 1.80 bits per heavy atom. The fraction of sp³-hybridized carbons (Fsp3) is 0.542. The highest BCUT2D eigenvalue weighted by molar-refractivity contribution is 5.98. The molecule has 0 aliphatic carbocycles.